The minimum atomic E-state index is 0.0211. The lowest BCUT2D eigenvalue weighted by atomic mass is 10.2. The van der Waals surface area contributed by atoms with Crippen molar-refractivity contribution in [3.63, 3.8) is 0 Å². The number of rotatable bonds is 4. The number of aliphatic hydroxyl groups excluding tert-OH is 1. The summed E-state index contributed by atoms with van der Waals surface area (Å²) in [5, 5.41) is 16.9. The molecule has 0 saturated heterocycles. The first-order valence-electron chi connectivity index (χ1n) is 4.46. The van der Waals surface area contributed by atoms with E-state index in [1.807, 2.05) is 13.8 Å². The molecule has 0 aromatic carbocycles. The van der Waals surface area contributed by atoms with Crippen molar-refractivity contribution in [1.29, 1.82) is 0 Å². The van der Waals surface area contributed by atoms with E-state index in [2.05, 4.69) is 10.3 Å². The van der Waals surface area contributed by atoms with Crippen LogP contribution in [0.4, 0.5) is 0 Å². The average molecular weight is 184 g/mol. The number of nitrogens with zero attached hydrogens (tertiary/aromatic N) is 3. The van der Waals surface area contributed by atoms with Gasteiger partial charge >= 0.3 is 0 Å². The molecule has 3 N–H and O–H groups in total. The summed E-state index contributed by atoms with van der Waals surface area (Å²) in [5.41, 5.74) is 7.21. The standard InChI is InChI=1S/C8H16N4O/c1-3-7(5-13)12-6(2)8(4-9)10-11-12/h7,13H,3-5,9H2,1-2H3. The lowest BCUT2D eigenvalue weighted by molar-refractivity contribution is 0.211. The van der Waals surface area contributed by atoms with Crippen molar-refractivity contribution in [3.8, 4) is 0 Å². The van der Waals surface area contributed by atoms with Crippen LogP contribution >= 0.6 is 0 Å². The topological polar surface area (TPSA) is 77.0 Å². The van der Waals surface area contributed by atoms with E-state index in [-0.39, 0.29) is 12.6 Å². The van der Waals surface area contributed by atoms with Crippen molar-refractivity contribution in [2.45, 2.75) is 32.9 Å². The third kappa shape index (κ3) is 1.87. The average Bonchev–Trinajstić information content (AvgIpc) is 2.50. The summed E-state index contributed by atoms with van der Waals surface area (Å²) in [6.45, 7) is 4.41. The second-order valence-corrected chi connectivity index (χ2v) is 3.01. The van der Waals surface area contributed by atoms with Crippen molar-refractivity contribution in [1.82, 2.24) is 15.0 Å². The fraction of sp³-hybridized carbons (Fsp3) is 0.750. The van der Waals surface area contributed by atoms with Gasteiger partial charge in [0.1, 0.15) is 0 Å². The zero-order valence-electron chi connectivity index (χ0n) is 8.06. The van der Waals surface area contributed by atoms with Crippen LogP contribution in [-0.2, 0) is 6.54 Å². The lowest BCUT2D eigenvalue weighted by Gasteiger charge is -2.12. The van der Waals surface area contributed by atoms with E-state index in [9.17, 15) is 0 Å². The molecule has 0 aliphatic heterocycles. The summed E-state index contributed by atoms with van der Waals surface area (Å²) >= 11 is 0. The summed E-state index contributed by atoms with van der Waals surface area (Å²) in [6.07, 6.45) is 0.838. The van der Waals surface area contributed by atoms with Crippen LogP contribution in [0.1, 0.15) is 30.8 Å². The van der Waals surface area contributed by atoms with Crippen LogP contribution in [-0.4, -0.2) is 26.7 Å². The molecule has 1 aromatic heterocycles. The van der Waals surface area contributed by atoms with Gasteiger partial charge in [-0.2, -0.15) is 0 Å². The van der Waals surface area contributed by atoms with E-state index in [1.165, 1.54) is 0 Å². The molecule has 0 aliphatic rings. The molecule has 5 nitrogen and oxygen atoms in total. The summed E-state index contributed by atoms with van der Waals surface area (Å²) in [6, 6.07) is 0.0211. The molecule has 0 bridgehead atoms. The molecule has 13 heavy (non-hydrogen) atoms. The molecular weight excluding hydrogens is 168 g/mol. The van der Waals surface area contributed by atoms with Gasteiger partial charge < -0.3 is 10.8 Å². The minimum Gasteiger partial charge on any atom is -0.394 e. The molecule has 1 heterocycles. The third-order valence-corrected chi connectivity index (χ3v) is 2.24. The van der Waals surface area contributed by atoms with Gasteiger partial charge in [-0.05, 0) is 13.3 Å². The predicted octanol–water partition coefficient (Wildman–Crippen LogP) is -0.0114. The molecule has 0 radical (unpaired) electrons. The van der Waals surface area contributed by atoms with Crippen molar-refractivity contribution >= 4 is 0 Å². The Balaban J connectivity index is 2.93. The molecular formula is C8H16N4O. The zero-order chi connectivity index (χ0) is 9.84. The maximum absolute atomic E-state index is 9.07. The SMILES string of the molecule is CCC(CO)n1nnc(CN)c1C. The Bertz CT molecular complexity index is 267. The molecule has 1 rings (SSSR count). The molecule has 0 spiro atoms. The summed E-state index contributed by atoms with van der Waals surface area (Å²) < 4.78 is 1.74. The highest BCUT2D eigenvalue weighted by atomic mass is 16.3. The lowest BCUT2D eigenvalue weighted by Crippen LogP contribution is -2.15. The van der Waals surface area contributed by atoms with Gasteiger partial charge in [-0.3, -0.25) is 0 Å². The van der Waals surface area contributed by atoms with E-state index in [0.29, 0.717) is 6.54 Å². The zero-order valence-corrected chi connectivity index (χ0v) is 8.06. The second kappa shape index (κ2) is 4.34. The molecule has 5 heteroatoms. The Labute approximate surface area is 77.6 Å². The maximum Gasteiger partial charge on any atom is 0.0991 e. The molecule has 1 aromatic rings. The quantitative estimate of drug-likeness (QED) is 0.690. The van der Waals surface area contributed by atoms with E-state index >= 15 is 0 Å². The Morgan fingerprint density at radius 2 is 2.31 bits per heavy atom. The number of aromatic nitrogens is 3. The minimum absolute atomic E-state index is 0.0211. The fourth-order valence-electron chi connectivity index (χ4n) is 1.29. The largest absolute Gasteiger partial charge is 0.394 e. The molecule has 0 fully saturated rings. The van der Waals surface area contributed by atoms with Crippen molar-refractivity contribution in [2.75, 3.05) is 6.61 Å². The molecule has 74 valence electrons. The van der Waals surface area contributed by atoms with E-state index < -0.39 is 0 Å². The first-order chi connectivity index (χ1) is 6.24. The number of hydrogen-bond acceptors (Lipinski definition) is 4. The van der Waals surface area contributed by atoms with Crippen LogP contribution in [0.15, 0.2) is 0 Å². The number of nitrogens with two attached hydrogens (primary N) is 1. The summed E-state index contributed by atoms with van der Waals surface area (Å²) in [5.74, 6) is 0. The van der Waals surface area contributed by atoms with Gasteiger partial charge in [-0.1, -0.05) is 12.1 Å². The van der Waals surface area contributed by atoms with Gasteiger partial charge in [0.2, 0.25) is 0 Å². The molecule has 0 aliphatic carbocycles. The van der Waals surface area contributed by atoms with Crippen LogP contribution in [0.2, 0.25) is 0 Å². The van der Waals surface area contributed by atoms with E-state index in [1.54, 1.807) is 4.68 Å². The van der Waals surface area contributed by atoms with Gasteiger partial charge in [-0.25, -0.2) is 4.68 Å². The van der Waals surface area contributed by atoms with Gasteiger partial charge in [0.25, 0.3) is 0 Å². The smallest absolute Gasteiger partial charge is 0.0991 e. The highest BCUT2D eigenvalue weighted by Crippen LogP contribution is 2.13. The monoisotopic (exact) mass is 184 g/mol. The van der Waals surface area contributed by atoms with Crippen molar-refractivity contribution in [3.05, 3.63) is 11.4 Å². The van der Waals surface area contributed by atoms with Gasteiger partial charge in [0.15, 0.2) is 0 Å². The normalized spacial score (nSPS) is 13.2. The van der Waals surface area contributed by atoms with E-state index in [4.69, 9.17) is 10.8 Å². The highest BCUT2D eigenvalue weighted by molar-refractivity contribution is 5.07. The van der Waals surface area contributed by atoms with Crippen LogP contribution in [0.3, 0.4) is 0 Å². The predicted molar refractivity (Wildman–Crippen MR) is 49.1 cm³/mol. The Morgan fingerprint density at radius 1 is 1.62 bits per heavy atom. The molecule has 1 unspecified atom stereocenters. The van der Waals surface area contributed by atoms with Gasteiger partial charge in [0, 0.05) is 6.54 Å². The van der Waals surface area contributed by atoms with Crippen LogP contribution in [0.5, 0.6) is 0 Å². The van der Waals surface area contributed by atoms with E-state index in [0.717, 1.165) is 17.8 Å². The van der Waals surface area contributed by atoms with Gasteiger partial charge in [0.05, 0.1) is 24.0 Å². The molecule has 0 saturated carbocycles. The number of hydrogen-bond donors (Lipinski definition) is 2. The highest BCUT2D eigenvalue weighted by Gasteiger charge is 2.13. The van der Waals surface area contributed by atoms with Gasteiger partial charge in [-0.15, -0.1) is 5.10 Å². The van der Waals surface area contributed by atoms with Crippen LogP contribution < -0.4 is 5.73 Å². The molecule has 1 atom stereocenters. The summed E-state index contributed by atoms with van der Waals surface area (Å²) in [4.78, 5) is 0. The Hall–Kier alpha value is -0.940. The van der Waals surface area contributed by atoms with Crippen LogP contribution in [0.25, 0.3) is 0 Å². The van der Waals surface area contributed by atoms with Crippen LogP contribution in [0, 0.1) is 6.92 Å². The third-order valence-electron chi connectivity index (χ3n) is 2.24. The first kappa shape index (κ1) is 10.1. The first-order valence-corrected chi connectivity index (χ1v) is 4.46. The number of aliphatic hydroxyl groups is 1. The van der Waals surface area contributed by atoms with Crippen molar-refractivity contribution in [2.24, 2.45) is 5.73 Å². The summed E-state index contributed by atoms with van der Waals surface area (Å²) in [7, 11) is 0. The molecule has 0 amide bonds. The Kier molecular flexibility index (Phi) is 3.39. The second-order valence-electron chi connectivity index (χ2n) is 3.01. The fourth-order valence-corrected chi connectivity index (χ4v) is 1.29. The maximum atomic E-state index is 9.07. The Morgan fingerprint density at radius 3 is 2.69 bits per heavy atom. The van der Waals surface area contributed by atoms with Crippen molar-refractivity contribution < 1.29 is 5.11 Å².